The second-order valence-corrected chi connectivity index (χ2v) is 7.48. The van der Waals surface area contributed by atoms with Gasteiger partial charge in [-0.2, -0.15) is 0 Å². The van der Waals surface area contributed by atoms with Crippen LogP contribution < -0.4 is 5.32 Å². The summed E-state index contributed by atoms with van der Waals surface area (Å²) in [5.74, 6) is -2.22. The lowest BCUT2D eigenvalue weighted by molar-refractivity contribution is 0.102. The molecule has 3 nitrogen and oxygen atoms in total. The van der Waals surface area contributed by atoms with Crippen molar-refractivity contribution in [3.8, 4) is 11.3 Å². The zero-order valence-electron chi connectivity index (χ0n) is 12.4. The van der Waals surface area contributed by atoms with Crippen LogP contribution in [-0.4, -0.2) is 10.9 Å². The SMILES string of the molecule is Cc1sc(Br)nc1-c1ccc(C(=O)Nc2c(F)cccc2F)cc1. The Morgan fingerprint density at radius 1 is 1.12 bits per heavy atom. The molecule has 1 heterocycles. The van der Waals surface area contributed by atoms with E-state index in [0.29, 0.717) is 5.56 Å². The number of halogens is 3. The second-order valence-electron chi connectivity index (χ2n) is 5.00. The smallest absolute Gasteiger partial charge is 0.255 e. The van der Waals surface area contributed by atoms with Crippen LogP contribution in [0.1, 0.15) is 15.2 Å². The number of hydrogen-bond acceptors (Lipinski definition) is 3. The van der Waals surface area contributed by atoms with Crippen LogP contribution in [0.15, 0.2) is 46.4 Å². The number of aryl methyl sites for hydroxylation is 1. The van der Waals surface area contributed by atoms with Gasteiger partial charge in [0.15, 0.2) is 3.92 Å². The van der Waals surface area contributed by atoms with Gasteiger partial charge < -0.3 is 5.32 Å². The number of rotatable bonds is 3. The highest BCUT2D eigenvalue weighted by Gasteiger charge is 2.14. The van der Waals surface area contributed by atoms with Crippen LogP contribution in [0.2, 0.25) is 0 Å². The minimum Gasteiger partial charge on any atom is -0.317 e. The normalized spacial score (nSPS) is 10.7. The van der Waals surface area contributed by atoms with E-state index in [-0.39, 0.29) is 0 Å². The molecule has 24 heavy (non-hydrogen) atoms. The minimum atomic E-state index is -0.817. The van der Waals surface area contributed by atoms with E-state index in [1.165, 1.54) is 17.4 Å². The van der Waals surface area contributed by atoms with E-state index >= 15 is 0 Å². The van der Waals surface area contributed by atoms with Gasteiger partial charge in [-0.1, -0.05) is 18.2 Å². The van der Waals surface area contributed by atoms with Crippen molar-refractivity contribution in [2.45, 2.75) is 6.92 Å². The number of para-hydroxylation sites is 1. The summed E-state index contributed by atoms with van der Waals surface area (Å²) in [4.78, 5) is 17.6. The first kappa shape index (κ1) is 16.7. The van der Waals surface area contributed by atoms with Gasteiger partial charge in [-0.25, -0.2) is 13.8 Å². The maximum Gasteiger partial charge on any atom is 0.255 e. The molecule has 3 rings (SSSR count). The lowest BCUT2D eigenvalue weighted by Gasteiger charge is -2.08. The van der Waals surface area contributed by atoms with E-state index in [0.717, 1.165) is 32.2 Å². The predicted octanol–water partition coefficient (Wildman–Crippen LogP) is 5.41. The average molecular weight is 409 g/mol. The van der Waals surface area contributed by atoms with Gasteiger partial charge in [0.25, 0.3) is 5.91 Å². The molecule has 0 atom stereocenters. The van der Waals surface area contributed by atoms with Gasteiger partial charge in [-0.05, 0) is 47.1 Å². The van der Waals surface area contributed by atoms with Crippen molar-refractivity contribution in [1.82, 2.24) is 4.98 Å². The maximum absolute atomic E-state index is 13.6. The fourth-order valence-electron chi connectivity index (χ4n) is 2.21. The molecule has 3 aromatic rings. The Kier molecular flexibility index (Phi) is 4.73. The number of carbonyl (C=O) groups excluding carboxylic acids is 1. The highest BCUT2D eigenvalue weighted by atomic mass is 79.9. The van der Waals surface area contributed by atoms with Gasteiger partial charge in [-0.3, -0.25) is 4.79 Å². The fraction of sp³-hybridized carbons (Fsp3) is 0.0588. The molecule has 0 aliphatic rings. The molecule has 1 N–H and O–H groups in total. The molecule has 7 heteroatoms. The van der Waals surface area contributed by atoms with Crippen LogP contribution in [0.25, 0.3) is 11.3 Å². The number of nitrogens with zero attached hydrogens (tertiary/aromatic N) is 1. The Morgan fingerprint density at radius 2 is 1.75 bits per heavy atom. The van der Waals surface area contributed by atoms with Crippen LogP contribution in [-0.2, 0) is 0 Å². The van der Waals surface area contributed by atoms with E-state index in [9.17, 15) is 13.6 Å². The summed E-state index contributed by atoms with van der Waals surface area (Å²) in [5.41, 5.74) is 1.54. The zero-order valence-corrected chi connectivity index (χ0v) is 14.8. The standard InChI is InChI=1S/C17H11BrF2N2OS/c1-9-14(22-17(18)24-9)10-5-7-11(8-6-10)16(23)21-15-12(19)3-2-4-13(15)20/h2-8H,1H3,(H,21,23). The van der Waals surface area contributed by atoms with Crippen molar-refractivity contribution >= 4 is 38.9 Å². The first-order valence-corrected chi connectivity index (χ1v) is 8.55. The van der Waals surface area contributed by atoms with Gasteiger partial charge >= 0.3 is 0 Å². The summed E-state index contributed by atoms with van der Waals surface area (Å²) >= 11 is 4.86. The molecule has 0 fully saturated rings. The quantitative estimate of drug-likeness (QED) is 0.629. The Morgan fingerprint density at radius 3 is 2.29 bits per heavy atom. The molecule has 0 spiro atoms. The molecule has 2 aromatic carbocycles. The molecule has 0 aliphatic heterocycles. The number of carbonyl (C=O) groups is 1. The Balaban J connectivity index is 1.83. The molecule has 0 saturated carbocycles. The highest BCUT2D eigenvalue weighted by molar-refractivity contribution is 9.11. The molecule has 1 aromatic heterocycles. The Labute approximate surface area is 149 Å². The van der Waals surface area contributed by atoms with Crippen molar-refractivity contribution in [3.63, 3.8) is 0 Å². The number of benzene rings is 2. The molecule has 0 bridgehead atoms. The number of thiazole rings is 1. The number of nitrogens with one attached hydrogen (secondary N) is 1. The maximum atomic E-state index is 13.6. The van der Waals surface area contributed by atoms with E-state index in [4.69, 9.17) is 0 Å². The van der Waals surface area contributed by atoms with Gasteiger partial charge in [0.05, 0.1) is 5.69 Å². The molecular weight excluding hydrogens is 398 g/mol. The number of hydrogen-bond donors (Lipinski definition) is 1. The zero-order chi connectivity index (χ0) is 17.3. The summed E-state index contributed by atoms with van der Waals surface area (Å²) in [5, 5.41) is 2.26. The molecule has 0 saturated heterocycles. The number of aromatic nitrogens is 1. The van der Waals surface area contributed by atoms with E-state index < -0.39 is 23.2 Å². The Hall–Kier alpha value is -2.12. The monoisotopic (exact) mass is 408 g/mol. The average Bonchev–Trinajstić information content (AvgIpc) is 2.89. The first-order valence-electron chi connectivity index (χ1n) is 6.94. The van der Waals surface area contributed by atoms with E-state index in [2.05, 4.69) is 26.2 Å². The van der Waals surface area contributed by atoms with Crippen LogP contribution in [0.5, 0.6) is 0 Å². The first-order chi connectivity index (χ1) is 11.5. The molecule has 122 valence electrons. The lowest BCUT2D eigenvalue weighted by atomic mass is 10.1. The molecule has 0 unspecified atom stereocenters. The van der Waals surface area contributed by atoms with Crippen LogP contribution in [0, 0.1) is 18.6 Å². The minimum absolute atomic E-state index is 0.299. The highest BCUT2D eigenvalue weighted by Crippen LogP contribution is 2.30. The van der Waals surface area contributed by atoms with Gasteiger partial charge in [0.1, 0.15) is 17.3 Å². The topological polar surface area (TPSA) is 42.0 Å². The molecule has 0 radical (unpaired) electrons. The van der Waals surface area contributed by atoms with Gasteiger partial charge in [-0.15, -0.1) is 11.3 Å². The fourth-order valence-corrected chi connectivity index (χ4v) is 3.77. The second kappa shape index (κ2) is 6.78. The van der Waals surface area contributed by atoms with Crippen molar-refractivity contribution in [1.29, 1.82) is 0 Å². The van der Waals surface area contributed by atoms with Crippen molar-refractivity contribution in [2.75, 3.05) is 5.32 Å². The summed E-state index contributed by atoms with van der Waals surface area (Å²) < 4.78 is 28.0. The summed E-state index contributed by atoms with van der Waals surface area (Å²) in [6.07, 6.45) is 0. The van der Waals surface area contributed by atoms with Crippen LogP contribution in [0.4, 0.5) is 14.5 Å². The third-order valence-electron chi connectivity index (χ3n) is 3.39. The molecule has 0 aliphatic carbocycles. The van der Waals surface area contributed by atoms with Gasteiger partial charge in [0.2, 0.25) is 0 Å². The summed E-state index contributed by atoms with van der Waals surface area (Å²) in [6, 6.07) is 10.1. The molecular formula is C17H11BrF2N2OS. The summed E-state index contributed by atoms with van der Waals surface area (Å²) in [7, 11) is 0. The predicted molar refractivity (Wildman–Crippen MR) is 94.3 cm³/mol. The summed E-state index contributed by atoms with van der Waals surface area (Å²) in [6.45, 7) is 1.96. The lowest BCUT2D eigenvalue weighted by Crippen LogP contribution is -2.14. The van der Waals surface area contributed by atoms with E-state index in [1.807, 2.05) is 6.92 Å². The van der Waals surface area contributed by atoms with Crippen LogP contribution >= 0.6 is 27.3 Å². The van der Waals surface area contributed by atoms with E-state index in [1.54, 1.807) is 24.3 Å². The number of anilines is 1. The number of amides is 1. The van der Waals surface area contributed by atoms with Crippen molar-refractivity contribution < 1.29 is 13.6 Å². The third-order valence-corrected chi connectivity index (χ3v) is 4.81. The van der Waals surface area contributed by atoms with Gasteiger partial charge in [0, 0.05) is 16.0 Å². The van der Waals surface area contributed by atoms with Crippen molar-refractivity contribution in [3.05, 3.63) is 68.5 Å². The van der Waals surface area contributed by atoms with Crippen molar-refractivity contribution in [2.24, 2.45) is 0 Å². The largest absolute Gasteiger partial charge is 0.317 e. The third kappa shape index (κ3) is 3.37. The molecule has 1 amide bonds. The van der Waals surface area contributed by atoms with Crippen LogP contribution in [0.3, 0.4) is 0 Å². The Bertz CT molecular complexity index is 889.